The largest absolute Gasteiger partial charge is 0.447 e. The average Bonchev–Trinajstić information content (AvgIpc) is 3.14. The van der Waals surface area contributed by atoms with E-state index in [1.165, 1.54) is 0 Å². The fourth-order valence-electron chi connectivity index (χ4n) is 3.91. The van der Waals surface area contributed by atoms with Crippen LogP contribution in [0.3, 0.4) is 0 Å². The molecule has 0 spiro atoms. The van der Waals surface area contributed by atoms with Crippen LogP contribution in [0.2, 0.25) is 0 Å². The molecule has 8 heteroatoms. The number of carbonyl (C=O) groups is 2. The average molecular weight is 414 g/mol. The zero-order valence-corrected chi connectivity index (χ0v) is 18.3. The first-order valence-electron chi connectivity index (χ1n) is 10.4. The molecule has 0 radical (unpaired) electrons. The topological polar surface area (TPSA) is 88.5 Å². The van der Waals surface area contributed by atoms with E-state index in [2.05, 4.69) is 15.7 Å². The number of amides is 2. The summed E-state index contributed by atoms with van der Waals surface area (Å²) in [6.45, 7) is 8.81. The molecule has 0 fully saturated rings. The molecule has 3 rings (SSSR count). The van der Waals surface area contributed by atoms with E-state index in [0.717, 1.165) is 35.5 Å². The minimum absolute atomic E-state index is 0.0143. The SMILES string of the molecule is CNCCn1cc(-c2ccc3c(c2)C(NC(=O)OC(C)C)CC(C)N3C(C)=O)cn1. The van der Waals surface area contributed by atoms with Gasteiger partial charge >= 0.3 is 6.09 Å². The monoisotopic (exact) mass is 413 g/mol. The number of benzene rings is 1. The highest BCUT2D eigenvalue weighted by Gasteiger charge is 2.33. The third-order valence-corrected chi connectivity index (χ3v) is 5.21. The number of likely N-dealkylation sites (N-methyl/N-ethyl adjacent to an activating group) is 1. The molecule has 2 atom stereocenters. The highest BCUT2D eigenvalue weighted by Crippen LogP contribution is 2.39. The molecule has 1 aromatic carbocycles. The van der Waals surface area contributed by atoms with Crippen LogP contribution >= 0.6 is 0 Å². The Morgan fingerprint density at radius 2 is 2.07 bits per heavy atom. The first-order valence-corrected chi connectivity index (χ1v) is 10.4. The molecular weight excluding hydrogens is 382 g/mol. The molecule has 1 aromatic heterocycles. The van der Waals surface area contributed by atoms with Gasteiger partial charge in [0.2, 0.25) is 5.91 Å². The number of nitrogens with zero attached hydrogens (tertiary/aromatic N) is 3. The van der Waals surface area contributed by atoms with Crippen LogP contribution in [0.5, 0.6) is 0 Å². The third-order valence-electron chi connectivity index (χ3n) is 5.21. The molecule has 2 unspecified atom stereocenters. The van der Waals surface area contributed by atoms with Crippen LogP contribution < -0.4 is 15.5 Å². The number of ether oxygens (including phenoxy) is 1. The fourth-order valence-corrected chi connectivity index (χ4v) is 3.91. The van der Waals surface area contributed by atoms with Gasteiger partial charge in [0.25, 0.3) is 0 Å². The molecule has 0 saturated carbocycles. The Labute approximate surface area is 177 Å². The Kier molecular flexibility index (Phi) is 6.77. The minimum Gasteiger partial charge on any atom is -0.447 e. The summed E-state index contributed by atoms with van der Waals surface area (Å²) in [4.78, 5) is 26.4. The molecule has 0 aliphatic carbocycles. The molecule has 2 heterocycles. The molecule has 8 nitrogen and oxygen atoms in total. The molecule has 2 amide bonds. The van der Waals surface area contributed by atoms with Gasteiger partial charge in [-0.2, -0.15) is 5.10 Å². The van der Waals surface area contributed by atoms with Crippen molar-refractivity contribution in [2.45, 2.75) is 58.8 Å². The van der Waals surface area contributed by atoms with Crippen molar-refractivity contribution in [3.05, 3.63) is 36.2 Å². The summed E-state index contributed by atoms with van der Waals surface area (Å²) in [5.74, 6) is -0.0143. The van der Waals surface area contributed by atoms with Crippen LogP contribution in [-0.2, 0) is 16.1 Å². The molecule has 162 valence electrons. The van der Waals surface area contributed by atoms with Crippen LogP contribution in [0.25, 0.3) is 11.1 Å². The summed E-state index contributed by atoms with van der Waals surface area (Å²) in [7, 11) is 1.91. The highest BCUT2D eigenvalue weighted by atomic mass is 16.6. The first kappa shape index (κ1) is 21.8. The van der Waals surface area contributed by atoms with Gasteiger partial charge in [-0.05, 0) is 57.5 Å². The van der Waals surface area contributed by atoms with E-state index >= 15 is 0 Å². The summed E-state index contributed by atoms with van der Waals surface area (Å²) in [5, 5.41) is 10.5. The molecule has 2 N–H and O–H groups in total. The van der Waals surface area contributed by atoms with Crippen molar-refractivity contribution in [2.75, 3.05) is 18.5 Å². The molecule has 30 heavy (non-hydrogen) atoms. The van der Waals surface area contributed by atoms with Gasteiger partial charge in [-0.15, -0.1) is 0 Å². The van der Waals surface area contributed by atoms with Gasteiger partial charge in [-0.3, -0.25) is 9.48 Å². The molecule has 1 aliphatic rings. The van der Waals surface area contributed by atoms with E-state index < -0.39 is 6.09 Å². The maximum absolute atomic E-state index is 12.3. The Morgan fingerprint density at radius 1 is 1.30 bits per heavy atom. The van der Waals surface area contributed by atoms with E-state index in [0.29, 0.717) is 6.42 Å². The summed E-state index contributed by atoms with van der Waals surface area (Å²) >= 11 is 0. The Balaban J connectivity index is 1.95. The summed E-state index contributed by atoms with van der Waals surface area (Å²) in [6.07, 6.45) is 3.80. The normalized spacial score (nSPS) is 18.3. The van der Waals surface area contributed by atoms with Crippen molar-refractivity contribution < 1.29 is 14.3 Å². The predicted octanol–water partition coefficient (Wildman–Crippen LogP) is 3.09. The van der Waals surface area contributed by atoms with Crippen LogP contribution in [0, 0.1) is 0 Å². The quantitative estimate of drug-likeness (QED) is 0.760. The highest BCUT2D eigenvalue weighted by molar-refractivity contribution is 5.94. The Hall–Kier alpha value is -2.87. The number of alkyl carbamates (subject to hydrolysis) is 1. The number of carbonyl (C=O) groups excluding carboxylic acids is 2. The lowest BCUT2D eigenvalue weighted by Crippen LogP contribution is -2.45. The van der Waals surface area contributed by atoms with E-state index in [1.54, 1.807) is 11.8 Å². The standard InChI is InChI=1S/C22H31N5O3/c1-14(2)30-22(29)25-20-10-15(3)27(16(4)28)21-7-6-17(11-19(20)21)18-12-24-26(13-18)9-8-23-5/h6-7,11-15,20,23H,8-10H2,1-5H3,(H,25,29). The zero-order chi connectivity index (χ0) is 21.8. The van der Waals surface area contributed by atoms with Gasteiger partial charge in [-0.25, -0.2) is 4.79 Å². The second-order valence-corrected chi connectivity index (χ2v) is 7.99. The lowest BCUT2D eigenvalue weighted by atomic mass is 9.89. The van der Waals surface area contributed by atoms with Crippen LogP contribution in [0.1, 0.15) is 45.7 Å². The molecule has 1 aliphatic heterocycles. The van der Waals surface area contributed by atoms with Crippen molar-refractivity contribution >= 4 is 17.7 Å². The van der Waals surface area contributed by atoms with Gasteiger partial charge in [0.05, 0.1) is 24.9 Å². The zero-order valence-electron chi connectivity index (χ0n) is 18.3. The van der Waals surface area contributed by atoms with Crippen LogP contribution in [-0.4, -0.2) is 47.5 Å². The van der Waals surface area contributed by atoms with Crippen LogP contribution in [0.15, 0.2) is 30.6 Å². The maximum Gasteiger partial charge on any atom is 0.407 e. The molecular formula is C22H31N5O3. The first-order chi connectivity index (χ1) is 14.3. The lowest BCUT2D eigenvalue weighted by Gasteiger charge is -2.39. The molecule has 0 bridgehead atoms. The van der Waals surface area contributed by atoms with Gasteiger partial charge in [0, 0.05) is 37.0 Å². The summed E-state index contributed by atoms with van der Waals surface area (Å²) in [6, 6.07) is 5.72. The van der Waals surface area contributed by atoms with Gasteiger partial charge in [0.1, 0.15) is 0 Å². The Morgan fingerprint density at radius 3 is 2.73 bits per heavy atom. The number of nitrogens with one attached hydrogen (secondary N) is 2. The van der Waals surface area contributed by atoms with Gasteiger partial charge < -0.3 is 20.3 Å². The number of aromatic nitrogens is 2. The number of fused-ring (bicyclic) bond motifs is 1. The van der Waals surface area contributed by atoms with Gasteiger partial charge in [-0.1, -0.05) is 6.07 Å². The lowest BCUT2D eigenvalue weighted by molar-refractivity contribution is -0.117. The summed E-state index contributed by atoms with van der Waals surface area (Å²) in [5.41, 5.74) is 3.71. The van der Waals surface area contributed by atoms with Crippen molar-refractivity contribution in [3.8, 4) is 11.1 Å². The number of hydrogen-bond acceptors (Lipinski definition) is 5. The maximum atomic E-state index is 12.3. The number of hydrogen-bond donors (Lipinski definition) is 2. The second-order valence-electron chi connectivity index (χ2n) is 7.99. The van der Waals surface area contributed by atoms with Crippen molar-refractivity contribution in [1.29, 1.82) is 0 Å². The fraction of sp³-hybridized carbons (Fsp3) is 0.500. The molecule has 0 saturated heterocycles. The molecule has 2 aromatic rings. The van der Waals surface area contributed by atoms with E-state index in [1.807, 2.05) is 63.1 Å². The van der Waals surface area contributed by atoms with Crippen molar-refractivity contribution in [3.63, 3.8) is 0 Å². The van der Waals surface area contributed by atoms with Crippen molar-refractivity contribution in [1.82, 2.24) is 20.4 Å². The third kappa shape index (κ3) is 4.81. The van der Waals surface area contributed by atoms with Crippen LogP contribution in [0.4, 0.5) is 10.5 Å². The minimum atomic E-state index is -0.449. The second kappa shape index (κ2) is 9.30. The van der Waals surface area contributed by atoms with E-state index in [-0.39, 0.29) is 24.1 Å². The van der Waals surface area contributed by atoms with E-state index in [9.17, 15) is 9.59 Å². The van der Waals surface area contributed by atoms with Gasteiger partial charge in [0.15, 0.2) is 0 Å². The number of anilines is 1. The van der Waals surface area contributed by atoms with E-state index in [4.69, 9.17) is 4.74 Å². The predicted molar refractivity (Wildman–Crippen MR) is 116 cm³/mol. The number of rotatable bonds is 6. The smallest absolute Gasteiger partial charge is 0.407 e. The Bertz CT molecular complexity index is 908. The summed E-state index contributed by atoms with van der Waals surface area (Å²) < 4.78 is 7.18. The van der Waals surface area contributed by atoms with Crippen molar-refractivity contribution in [2.24, 2.45) is 0 Å².